The quantitative estimate of drug-likeness (QED) is 0.145. The van der Waals surface area contributed by atoms with Gasteiger partial charge in [-0.25, -0.2) is 9.18 Å². The molecule has 202 valence electrons. The topological polar surface area (TPSA) is 89.7 Å². The second kappa shape index (κ2) is 10.8. The lowest BCUT2D eigenvalue weighted by molar-refractivity contribution is -0.385. The van der Waals surface area contributed by atoms with E-state index in [1.54, 1.807) is 48.6 Å². The molecule has 4 aromatic carbocycles. The van der Waals surface area contributed by atoms with Gasteiger partial charge in [-0.1, -0.05) is 62.4 Å². The first-order chi connectivity index (χ1) is 19.1. The van der Waals surface area contributed by atoms with Crippen molar-refractivity contribution in [1.82, 2.24) is 0 Å². The van der Waals surface area contributed by atoms with Crippen LogP contribution in [0.15, 0.2) is 78.9 Å². The molecule has 0 fully saturated rings. The molecule has 6 nitrogen and oxygen atoms in total. The molecule has 0 unspecified atom stereocenters. The molecule has 0 aliphatic heterocycles. The summed E-state index contributed by atoms with van der Waals surface area (Å²) in [5.74, 6) is -0.700. The molecule has 1 aliphatic rings. The minimum Gasteiger partial charge on any atom is -0.478 e. The molecule has 0 saturated carbocycles. The van der Waals surface area contributed by atoms with E-state index in [0.29, 0.717) is 22.4 Å². The van der Waals surface area contributed by atoms with Gasteiger partial charge < -0.3 is 9.84 Å². The predicted molar refractivity (Wildman–Crippen MR) is 153 cm³/mol. The van der Waals surface area contributed by atoms with Crippen molar-refractivity contribution in [2.45, 2.75) is 38.5 Å². The van der Waals surface area contributed by atoms with Gasteiger partial charge in [0, 0.05) is 6.07 Å². The van der Waals surface area contributed by atoms with Crippen LogP contribution in [0.4, 0.5) is 10.1 Å². The van der Waals surface area contributed by atoms with Gasteiger partial charge in [-0.2, -0.15) is 0 Å². The highest BCUT2D eigenvalue weighted by Gasteiger charge is 2.29. The summed E-state index contributed by atoms with van der Waals surface area (Å²) in [4.78, 5) is 23.4. The number of carboxylic acid groups (broad SMARTS) is 1. The lowest BCUT2D eigenvalue weighted by Crippen LogP contribution is -2.24. The van der Waals surface area contributed by atoms with Crippen LogP contribution in [0.1, 0.15) is 59.3 Å². The maximum absolute atomic E-state index is 13.4. The zero-order valence-corrected chi connectivity index (χ0v) is 22.2. The van der Waals surface area contributed by atoms with E-state index in [9.17, 15) is 24.4 Å². The second-order valence-electron chi connectivity index (χ2n) is 10.6. The maximum atomic E-state index is 13.4. The molecule has 0 heterocycles. The fourth-order valence-corrected chi connectivity index (χ4v) is 5.28. The number of nitro groups is 1. The van der Waals surface area contributed by atoms with Crippen LogP contribution < -0.4 is 4.74 Å². The van der Waals surface area contributed by atoms with Crippen LogP contribution in [-0.2, 0) is 11.8 Å². The summed E-state index contributed by atoms with van der Waals surface area (Å²) in [6.07, 6.45) is 6.17. The van der Waals surface area contributed by atoms with E-state index < -0.39 is 10.9 Å². The van der Waals surface area contributed by atoms with Crippen LogP contribution in [-0.4, -0.2) is 16.0 Å². The highest BCUT2D eigenvalue weighted by atomic mass is 19.1. The lowest BCUT2D eigenvalue weighted by atomic mass is 9.72. The van der Waals surface area contributed by atoms with Gasteiger partial charge in [-0.3, -0.25) is 10.1 Å². The molecule has 4 aromatic rings. The number of rotatable bonds is 7. The first-order valence-corrected chi connectivity index (χ1v) is 13.0. The molecule has 40 heavy (non-hydrogen) atoms. The Morgan fingerprint density at radius 1 is 0.975 bits per heavy atom. The Morgan fingerprint density at radius 3 is 2.45 bits per heavy atom. The van der Waals surface area contributed by atoms with Gasteiger partial charge in [0.2, 0.25) is 5.75 Å². The van der Waals surface area contributed by atoms with E-state index in [2.05, 4.69) is 19.9 Å². The number of carboxylic acids is 1. The number of carbonyl (C=O) groups is 1. The van der Waals surface area contributed by atoms with E-state index >= 15 is 0 Å². The van der Waals surface area contributed by atoms with Crippen molar-refractivity contribution in [2.75, 3.05) is 0 Å². The van der Waals surface area contributed by atoms with Crippen LogP contribution in [0, 0.1) is 15.9 Å². The fourth-order valence-electron chi connectivity index (χ4n) is 5.28. The highest BCUT2D eigenvalue weighted by molar-refractivity contribution is 5.94. The zero-order chi connectivity index (χ0) is 28.4. The van der Waals surface area contributed by atoms with E-state index in [1.165, 1.54) is 29.8 Å². The molecule has 0 amide bonds. The number of aromatic carboxylic acids is 1. The third kappa shape index (κ3) is 5.50. The standard InChI is InChI=1S/C33H28FNO5/c1-33(2)18-4-5-27-28(33)6-3-7-30(27)40-31-17-9-21(19-29(31)35(38)39)8-10-24-20-23(13-16-26(24)32(36)37)22-11-14-25(34)15-12-22/h3,6-17,19-20H,4-5,18H2,1-2H3,(H,36,37). The molecule has 1 aliphatic carbocycles. The van der Waals surface area contributed by atoms with Crippen LogP contribution in [0.5, 0.6) is 11.5 Å². The summed E-state index contributed by atoms with van der Waals surface area (Å²) in [5.41, 5.74) is 4.56. The molecule has 0 spiro atoms. The monoisotopic (exact) mass is 537 g/mol. The number of nitro benzene ring substituents is 1. The number of ether oxygens (including phenoxy) is 1. The van der Waals surface area contributed by atoms with Gasteiger partial charge in [0.25, 0.3) is 0 Å². The molecule has 0 atom stereocenters. The Kier molecular flexibility index (Phi) is 7.22. The van der Waals surface area contributed by atoms with Crippen LogP contribution in [0.25, 0.3) is 23.3 Å². The molecule has 1 N–H and O–H groups in total. The molecule has 7 heteroatoms. The fraction of sp³-hybridized carbons (Fsp3) is 0.182. The van der Waals surface area contributed by atoms with Crippen LogP contribution >= 0.6 is 0 Å². The van der Waals surface area contributed by atoms with E-state index in [0.717, 1.165) is 30.4 Å². The molecule has 0 bridgehead atoms. The summed E-state index contributed by atoms with van der Waals surface area (Å²) < 4.78 is 19.5. The lowest BCUT2D eigenvalue weighted by Gasteiger charge is -2.33. The van der Waals surface area contributed by atoms with Gasteiger partial charge >= 0.3 is 11.7 Å². The van der Waals surface area contributed by atoms with E-state index in [4.69, 9.17) is 4.74 Å². The summed E-state index contributed by atoms with van der Waals surface area (Å²) >= 11 is 0. The van der Waals surface area contributed by atoms with Gasteiger partial charge in [0.15, 0.2) is 0 Å². The van der Waals surface area contributed by atoms with Crippen molar-refractivity contribution in [3.05, 3.63) is 123 Å². The number of benzene rings is 4. The van der Waals surface area contributed by atoms with Gasteiger partial charge in [-0.15, -0.1) is 0 Å². The first-order valence-electron chi connectivity index (χ1n) is 13.0. The first kappa shape index (κ1) is 26.8. The van der Waals surface area contributed by atoms with Crippen LogP contribution in [0.2, 0.25) is 0 Å². The number of halogens is 1. The Morgan fingerprint density at radius 2 is 1.73 bits per heavy atom. The van der Waals surface area contributed by atoms with E-state index in [1.807, 2.05) is 12.1 Å². The number of hydrogen-bond acceptors (Lipinski definition) is 4. The molecule has 5 rings (SSSR count). The molecular weight excluding hydrogens is 509 g/mol. The normalized spacial score (nSPS) is 14.1. The average Bonchev–Trinajstić information content (AvgIpc) is 2.93. The van der Waals surface area contributed by atoms with E-state index in [-0.39, 0.29) is 28.2 Å². The van der Waals surface area contributed by atoms with Gasteiger partial charge in [0.1, 0.15) is 11.6 Å². The van der Waals surface area contributed by atoms with Crippen LogP contribution in [0.3, 0.4) is 0 Å². The number of hydrogen-bond donors (Lipinski definition) is 1. The third-order valence-corrected chi connectivity index (χ3v) is 7.41. The highest BCUT2D eigenvalue weighted by Crippen LogP contribution is 2.43. The third-order valence-electron chi connectivity index (χ3n) is 7.41. The molecule has 0 radical (unpaired) electrons. The van der Waals surface area contributed by atoms with Crippen molar-refractivity contribution in [1.29, 1.82) is 0 Å². The van der Waals surface area contributed by atoms with Gasteiger partial charge in [-0.05, 0) is 94.5 Å². The number of fused-ring (bicyclic) bond motifs is 1. The van der Waals surface area contributed by atoms with Crippen molar-refractivity contribution in [2.24, 2.45) is 0 Å². The minimum absolute atomic E-state index is 0.0103. The Balaban J connectivity index is 1.47. The van der Waals surface area contributed by atoms with Crippen molar-refractivity contribution >= 4 is 23.8 Å². The Bertz CT molecular complexity index is 1640. The summed E-state index contributed by atoms with van der Waals surface area (Å²) in [6, 6.07) is 21.3. The molecule has 0 saturated heterocycles. The summed E-state index contributed by atoms with van der Waals surface area (Å²) in [6.45, 7) is 4.40. The molecular formula is C33H28FNO5. The SMILES string of the molecule is CC1(C)CCCc2c(Oc3ccc(C=Cc4cc(-c5ccc(F)cc5)ccc4C(=O)O)cc3[N+](=O)[O-])cccc21. The largest absolute Gasteiger partial charge is 0.478 e. The minimum atomic E-state index is -1.10. The number of nitrogens with zero attached hydrogens (tertiary/aromatic N) is 1. The zero-order valence-electron chi connectivity index (χ0n) is 22.2. The maximum Gasteiger partial charge on any atom is 0.336 e. The summed E-state index contributed by atoms with van der Waals surface area (Å²) in [5, 5.41) is 21.7. The van der Waals surface area contributed by atoms with Gasteiger partial charge in [0.05, 0.1) is 10.5 Å². The van der Waals surface area contributed by atoms with Crippen molar-refractivity contribution in [3.63, 3.8) is 0 Å². The Hall–Kier alpha value is -4.78. The average molecular weight is 538 g/mol. The molecule has 0 aromatic heterocycles. The van der Waals surface area contributed by atoms with Crippen molar-refractivity contribution in [3.8, 4) is 22.6 Å². The smallest absolute Gasteiger partial charge is 0.336 e. The second-order valence-corrected chi connectivity index (χ2v) is 10.6. The predicted octanol–water partition coefficient (Wildman–Crippen LogP) is 8.68. The van der Waals surface area contributed by atoms with Crippen molar-refractivity contribution < 1.29 is 24.0 Å². The summed E-state index contributed by atoms with van der Waals surface area (Å²) in [7, 11) is 0. The Labute approximate surface area is 231 Å².